The second kappa shape index (κ2) is 6.19. The molecule has 1 unspecified atom stereocenters. The Bertz CT molecular complexity index is 580. The van der Waals surface area contributed by atoms with Crippen molar-refractivity contribution < 1.29 is 4.52 Å². The fourth-order valence-electron chi connectivity index (χ4n) is 2.45. The highest BCUT2D eigenvalue weighted by molar-refractivity contribution is 14.1. The van der Waals surface area contributed by atoms with Gasteiger partial charge in [-0.2, -0.15) is 4.98 Å². The highest BCUT2D eigenvalue weighted by atomic mass is 127. The summed E-state index contributed by atoms with van der Waals surface area (Å²) in [4.78, 5) is 6.78. The number of halogens is 1. The molecule has 20 heavy (non-hydrogen) atoms. The topological polar surface area (TPSA) is 68.2 Å². The van der Waals surface area contributed by atoms with Crippen LogP contribution in [-0.4, -0.2) is 34.7 Å². The van der Waals surface area contributed by atoms with Crippen LogP contribution in [0.2, 0.25) is 0 Å². The fraction of sp³-hybridized carbons (Fsp3) is 0.429. The molecule has 1 aromatic carbocycles. The van der Waals surface area contributed by atoms with E-state index in [-0.39, 0.29) is 6.04 Å². The normalized spacial score (nSPS) is 17.5. The molecule has 0 bridgehead atoms. The van der Waals surface area contributed by atoms with Gasteiger partial charge in [-0.25, -0.2) is 0 Å². The van der Waals surface area contributed by atoms with Crippen LogP contribution in [0.3, 0.4) is 0 Å². The van der Waals surface area contributed by atoms with Gasteiger partial charge in [-0.1, -0.05) is 11.2 Å². The molecule has 5 nitrogen and oxygen atoms in total. The SMILES string of the molecule is NC(CN1CCCC1)c1noc(-c2cccc(I)c2)n1. The van der Waals surface area contributed by atoms with E-state index in [4.69, 9.17) is 10.3 Å². The maximum absolute atomic E-state index is 6.17. The minimum absolute atomic E-state index is 0.187. The van der Waals surface area contributed by atoms with E-state index in [1.54, 1.807) is 0 Å². The first-order valence-electron chi connectivity index (χ1n) is 6.80. The van der Waals surface area contributed by atoms with E-state index in [0.717, 1.165) is 28.8 Å². The van der Waals surface area contributed by atoms with E-state index in [1.807, 2.05) is 24.3 Å². The van der Waals surface area contributed by atoms with Crippen molar-refractivity contribution in [3.8, 4) is 11.5 Å². The summed E-state index contributed by atoms with van der Waals surface area (Å²) in [5, 5.41) is 4.02. The predicted octanol–water partition coefficient (Wildman–Crippen LogP) is 2.44. The van der Waals surface area contributed by atoms with Crippen LogP contribution in [0, 0.1) is 3.57 Å². The molecule has 0 saturated carbocycles. The van der Waals surface area contributed by atoms with Crippen molar-refractivity contribution in [1.29, 1.82) is 0 Å². The summed E-state index contributed by atoms with van der Waals surface area (Å²) >= 11 is 2.26. The van der Waals surface area contributed by atoms with Crippen molar-refractivity contribution in [2.24, 2.45) is 5.73 Å². The van der Waals surface area contributed by atoms with E-state index in [0.29, 0.717) is 11.7 Å². The highest BCUT2D eigenvalue weighted by Gasteiger charge is 2.20. The number of rotatable bonds is 4. The average molecular weight is 384 g/mol. The van der Waals surface area contributed by atoms with E-state index in [2.05, 4.69) is 37.6 Å². The lowest BCUT2D eigenvalue weighted by molar-refractivity contribution is 0.306. The third-order valence-electron chi connectivity index (χ3n) is 3.50. The largest absolute Gasteiger partial charge is 0.334 e. The van der Waals surface area contributed by atoms with Gasteiger partial charge in [0.2, 0.25) is 0 Å². The van der Waals surface area contributed by atoms with Crippen LogP contribution in [0.15, 0.2) is 28.8 Å². The molecule has 0 radical (unpaired) electrons. The molecule has 6 heteroatoms. The molecule has 1 saturated heterocycles. The lowest BCUT2D eigenvalue weighted by atomic mass is 10.2. The van der Waals surface area contributed by atoms with Crippen molar-refractivity contribution in [3.05, 3.63) is 33.7 Å². The van der Waals surface area contributed by atoms with Gasteiger partial charge in [0.05, 0.1) is 6.04 Å². The molecule has 1 fully saturated rings. The van der Waals surface area contributed by atoms with Crippen molar-refractivity contribution in [2.45, 2.75) is 18.9 Å². The van der Waals surface area contributed by atoms with Crippen LogP contribution in [-0.2, 0) is 0 Å². The maximum atomic E-state index is 6.17. The summed E-state index contributed by atoms with van der Waals surface area (Å²) in [7, 11) is 0. The van der Waals surface area contributed by atoms with Gasteiger partial charge in [0.1, 0.15) is 0 Å². The third-order valence-corrected chi connectivity index (χ3v) is 4.17. The zero-order chi connectivity index (χ0) is 13.9. The van der Waals surface area contributed by atoms with Gasteiger partial charge in [0.15, 0.2) is 5.82 Å². The second-order valence-electron chi connectivity index (χ2n) is 5.08. The molecule has 0 spiro atoms. The molecule has 1 aliphatic heterocycles. The van der Waals surface area contributed by atoms with Crippen molar-refractivity contribution >= 4 is 22.6 Å². The Kier molecular flexibility index (Phi) is 4.32. The molecule has 1 atom stereocenters. The van der Waals surface area contributed by atoms with Crippen molar-refractivity contribution in [2.75, 3.05) is 19.6 Å². The first-order valence-corrected chi connectivity index (χ1v) is 7.88. The zero-order valence-corrected chi connectivity index (χ0v) is 13.3. The van der Waals surface area contributed by atoms with Gasteiger partial charge in [-0.05, 0) is 66.7 Å². The Morgan fingerprint density at radius 1 is 1.35 bits per heavy atom. The zero-order valence-electron chi connectivity index (χ0n) is 11.1. The second-order valence-corrected chi connectivity index (χ2v) is 6.33. The molecule has 3 rings (SSSR count). The van der Waals surface area contributed by atoms with E-state index in [9.17, 15) is 0 Å². The molecule has 0 amide bonds. The molecule has 2 heterocycles. The molecule has 1 aliphatic rings. The summed E-state index contributed by atoms with van der Waals surface area (Å²) in [6.45, 7) is 3.04. The first kappa shape index (κ1) is 14.0. The lowest BCUT2D eigenvalue weighted by Crippen LogP contribution is -2.30. The molecular weight excluding hydrogens is 367 g/mol. The Labute approximate surface area is 131 Å². The molecule has 0 aliphatic carbocycles. The van der Waals surface area contributed by atoms with Gasteiger partial charge < -0.3 is 15.2 Å². The first-order chi connectivity index (χ1) is 9.72. The number of likely N-dealkylation sites (tertiary alicyclic amines) is 1. The molecule has 1 aromatic heterocycles. The Morgan fingerprint density at radius 2 is 2.15 bits per heavy atom. The summed E-state index contributed by atoms with van der Waals surface area (Å²) in [5.74, 6) is 1.13. The molecule has 2 N–H and O–H groups in total. The summed E-state index contributed by atoms with van der Waals surface area (Å²) < 4.78 is 6.47. The van der Waals surface area contributed by atoms with Gasteiger partial charge in [0.25, 0.3) is 5.89 Å². The van der Waals surface area contributed by atoms with Crippen LogP contribution < -0.4 is 5.73 Å². The number of aromatic nitrogens is 2. The molecular formula is C14H17IN4O. The monoisotopic (exact) mass is 384 g/mol. The molecule has 106 valence electrons. The number of hydrogen-bond acceptors (Lipinski definition) is 5. The van der Waals surface area contributed by atoms with Gasteiger partial charge in [-0.3, -0.25) is 0 Å². The van der Waals surface area contributed by atoms with Crippen LogP contribution in [0.4, 0.5) is 0 Å². The minimum Gasteiger partial charge on any atom is -0.334 e. The van der Waals surface area contributed by atoms with Crippen LogP contribution >= 0.6 is 22.6 Å². The smallest absolute Gasteiger partial charge is 0.258 e. The lowest BCUT2D eigenvalue weighted by Gasteiger charge is -2.17. The molecule has 2 aromatic rings. The van der Waals surface area contributed by atoms with Crippen LogP contribution in [0.25, 0.3) is 11.5 Å². The van der Waals surface area contributed by atoms with E-state index >= 15 is 0 Å². The van der Waals surface area contributed by atoms with E-state index in [1.165, 1.54) is 12.8 Å². The summed E-state index contributed by atoms with van der Waals surface area (Å²) in [6, 6.07) is 7.80. The van der Waals surface area contributed by atoms with Crippen LogP contribution in [0.5, 0.6) is 0 Å². The number of nitrogens with two attached hydrogens (primary N) is 1. The Morgan fingerprint density at radius 3 is 2.90 bits per heavy atom. The minimum atomic E-state index is -0.187. The third kappa shape index (κ3) is 3.18. The summed E-state index contributed by atoms with van der Waals surface area (Å²) in [6.07, 6.45) is 2.51. The number of benzene rings is 1. The number of hydrogen-bond donors (Lipinski definition) is 1. The highest BCUT2D eigenvalue weighted by Crippen LogP contribution is 2.21. The number of nitrogens with zero attached hydrogens (tertiary/aromatic N) is 3. The average Bonchev–Trinajstić information content (AvgIpc) is 3.09. The fourth-order valence-corrected chi connectivity index (χ4v) is 2.99. The van der Waals surface area contributed by atoms with Crippen molar-refractivity contribution in [1.82, 2.24) is 15.0 Å². The Balaban J connectivity index is 1.72. The van der Waals surface area contributed by atoms with Crippen molar-refractivity contribution in [3.63, 3.8) is 0 Å². The Hall–Kier alpha value is -0.990. The summed E-state index contributed by atoms with van der Waals surface area (Å²) in [5.41, 5.74) is 7.10. The predicted molar refractivity (Wildman–Crippen MR) is 85.1 cm³/mol. The maximum Gasteiger partial charge on any atom is 0.258 e. The quantitative estimate of drug-likeness (QED) is 0.821. The van der Waals surface area contributed by atoms with E-state index < -0.39 is 0 Å². The van der Waals surface area contributed by atoms with Gasteiger partial charge in [0, 0.05) is 15.7 Å². The van der Waals surface area contributed by atoms with Gasteiger partial charge >= 0.3 is 0 Å². The standard InChI is InChI=1S/C14H17IN4O/c15-11-5-3-4-10(8-11)14-17-13(18-20-14)12(16)9-19-6-1-2-7-19/h3-5,8,12H,1-2,6-7,9,16H2. The van der Waals surface area contributed by atoms with Crippen LogP contribution in [0.1, 0.15) is 24.7 Å². The van der Waals surface area contributed by atoms with Gasteiger partial charge in [-0.15, -0.1) is 0 Å².